The van der Waals surface area contributed by atoms with Crippen molar-refractivity contribution in [2.75, 3.05) is 20.2 Å². The number of aliphatic hydroxyl groups is 1. The fourth-order valence-electron chi connectivity index (χ4n) is 3.17. The summed E-state index contributed by atoms with van der Waals surface area (Å²) in [5, 5.41) is 9.87. The monoisotopic (exact) mass is 255 g/mol. The smallest absolute Gasteiger partial charge is 0.0499 e. The van der Waals surface area contributed by atoms with Crippen molar-refractivity contribution in [2.45, 2.75) is 72.3 Å². The average molecular weight is 255 g/mol. The van der Waals surface area contributed by atoms with Crippen molar-refractivity contribution in [1.82, 2.24) is 4.90 Å². The van der Waals surface area contributed by atoms with Crippen LogP contribution in [0.2, 0.25) is 0 Å². The Morgan fingerprint density at radius 2 is 1.61 bits per heavy atom. The third-order valence-electron chi connectivity index (χ3n) is 5.00. The molecule has 0 aliphatic heterocycles. The molecule has 18 heavy (non-hydrogen) atoms. The maximum absolute atomic E-state index is 9.87. The van der Waals surface area contributed by atoms with Crippen LogP contribution >= 0.6 is 0 Å². The Kier molecular flexibility index (Phi) is 5.67. The van der Waals surface area contributed by atoms with Gasteiger partial charge in [0, 0.05) is 24.6 Å². The van der Waals surface area contributed by atoms with Crippen LogP contribution in [0.15, 0.2) is 0 Å². The van der Waals surface area contributed by atoms with Gasteiger partial charge in [-0.05, 0) is 32.2 Å². The first-order valence-electron chi connectivity index (χ1n) is 7.62. The molecule has 0 saturated heterocycles. The number of nitrogens with zero attached hydrogens (tertiary/aromatic N) is 1. The molecule has 1 unspecified atom stereocenters. The molecule has 1 aliphatic carbocycles. The SMILES string of the molecule is CC(N(C)CC1(CO)CCCCCC1)C(C)(C)C. The summed E-state index contributed by atoms with van der Waals surface area (Å²) in [7, 11) is 2.22. The van der Waals surface area contributed by atoms with Crippen LogP contribution < -0.4 is 0 Å². The van der Waals surface area contributed by atoms with Gasteiger partial charge in [-0.1, -0.05) is 46.5 Å². The predicted octanol–water partition coefficient (Wildman–Crippen LogP) is 3.69. The topological polar surface area (TPSA) is 23.5 Å². The average Bonchev–Trinajstić information content (AvgIpc) is 2.53. The summed E-state index contributed by atoms with van der Waals surface area (Å²) in [4.78, 5) is 2.46. The molecular weight excluding hydrogens is 222 g/mol. The van der Waals surface area contributed by atoms with Gasteiger partial charge in [0.2, 0.25) is 0 Å². The summed E-state index contributed by atoms with van der Waals surface area (Å²) in [6, 6.07) is 0.546. The van der Waals surface area contributed by atoms with Crippen molar-refractivity contribution in [3.05, 3.63) is 0 Å². The van der Waals surface area contributed by atoms with Gasteiger partial charge in [-0.2, -0.15) is 0 Å². The van der Waals surface area contributed by atoms with E-state index in [9.17, 15) is 5.11 Å². The second-order valence-electron chi connectivity index (χ2n) is 7.53. The summed E-state index contributed by atoms with van der Waals surface area (Å²) in [6.07, 6.45) is 7.67. The first-order valence-corrected chi connectivity index (χ1v) is 7.62. The van der Waals surface area contributed by atoms with E-state index in [1.54, 1.807) is 0 Å². The number of hydrogen-bond donors (Lipinski definition) is 1. The maximum atomic E-state index is 9.87. The maximum Gasteiger partial charge on any atom is 0.0499 e. The van der Waals surface area contributed by atoms with E-state index in [4.69, 9.17) is 0 Å². The second-order valence-corrected chi connectivity index (χ2v) is 7.53. The van der Waals surface area contributed by atoms with Gasteiger partial charge in [0.05, 0.1) is 0 Å². The van der Waals surface area contributed by atoms with Gasteiger partial charge < -0.3 is 10.0 Å². The highest BCUT2D eigenvalue weighted by Crippen LogP contribution is 2.36. The summed E-state index contributed by atoms with van der Waals surface area (Å²) in [5.74, 6) is 0. The van der Waals surface area contributed by atoms with Crippen molar-refractivity contribution >= 4 is 0 Å². The predicted molar refractivity (Wildman–Crippen MR) is 78.8 cm³/mol. The van der Waals surface area contributed by atoms with Crippen molar-refractivity contribution in [2.24, 2.45) is 10.8 Å². The van der Waals surface area contributed by atoms with E-state index in [0.717, 1.165) is 6.54 Å². The Bertz CT molecular complexity index is 236. The molecule has 0 spiro atoms. The lowest BCUT2D eigenvalue weighted by Crippen LogP contribution is -2.46. The van der Waals surface area contributed by atoms with Gasteiger partial charge in [0.1, 0.15) is 0 Å². The minimum atomic E-state index is 0.158. The second kappa shape index (κ2) is 6.38. The van der Waals surface area contributed by atoms with Gasteiger partial charge in [0.25, 0.3) is 0 Å². The first kappa shape index (κ1) is 16.0. The van der Waals surface area contributed by atoms with Crippen LogP contribution in [0.4, 0.5) is 0 Å². The van der Waals surface area contributed by atoms with Gasteiger partial charge in [-0.15, -0.1) is 0 Å². The highest BCUT2D eigenvalue weighted by molar-refractivity contribution is 4.87. The molecule has 1 N–H and O–H groups in total. The summed E-state index contributed by atoms with van der Waals surface area (Å²) < 4.78 is 0. The van der Waals surface area contributed by atoms with E-state index in [-0.39, 0.29) is 5.41 Å². The van der Waals surface area contributed by atoms with Gasteiger partial charge in [0.15, 0.2) is 0 Å². The Morgan fingerprint density at radius 3 is 2.00 bits per heavy atom. The van der Waals surface area contributed by atoms with E-state index >= 15 is 0 Å². The van der Waals surface area contributed by atoms with Crippen LogP contribution in [-0.2, 0) is 0 Å². The highest BCUT2D eigenvalue weighted by atomic mass is 16.3. The van der Waals surface area contributed by atoms with Crippen LogP contribution in [0, 0.1) is 10.8 Å². The van der Waals surface area contributed by atoms with E-state index < -0.39 is 0 Å². The molecule has 0 aromatic rings. The molecule has 1 aliphatic rings. The van der Waals surface area contributed by atoms with Crippen molar-refractivity contribution in [3.63, 3.8) is 0 Å². The molecule has 0 aromatic carbocycles. The lowest BCUT2D eigenvalue weighted by molar-refractivity contribution is 0.0335. The molecule has 0 amide bonds. The molecule has 1 saturated carbocycles. The molecule has 1 rings (SSSR count). The standard InChI is InChI=1S/C16H33NO/c1-14(15(2,3)4)17(5)12-16(13-18)10-8-6-7-9-11-16/h14,18H,6-13H2,1-5H3. The van der Waals surface area contributed by atoms with E-state index in [2.05, 4.69) is 39.6 Å². The van der Waals surface area contributed by atoms with E-state index in [0.29, 0.717) is 18.1 Å². The minimum absolute atomic E-state index is 0.158. The van der Waals surface area contributed by atoms with Gasteiger partial charge >= 0.3 is 0 Å². The van der Waals surface area contributed by atoms with Crippen molar-refractivity contribution < 1.29 is 5.11 Å². The quantitative estimate of drug-likeness (QED) is 0.775. The Hall–Kier alpha value is -0.0800. The molecule has 2 heteroatoms. The van der Waals surface area contributed by atoms with Crippen LogP contribution in [0.3, 0.4) is 0 Å². The van der Waals surface area contributed by atoms with Gasteiger partial charge in [-0.3, -0.25) is 0 Å². The highest BCUT2D eigenvalue weighted by Gasteiger charge is 2.34. The number of hydrogen-bond acceptors (Lipinski definition) is 2. The fourth-order valence-corrected chi connectivity index (χ4v) is 3.17. The molecule has 0 heterocycles. The van der Waals surface area contributed by atoms with E-state index in [1.165, 1.54) is 38.5 Å². The van der Waals surface area contributed by atoms with Crippen LogP contribution in [0.25, 0.3) is 0 Å². The molecule has 0 bridgehead atoms. The summed E-state index contributed by atoms with van der Waals surface area (Å²) in [6.45, 7) is 10.6. The van der Waals surface area contributed by atoms with Crippen molar-refractivity contribution in [3.8, 4) is 0 Å². The lowest BCUT2D eigenvalue weighted by atomic mass is 9.79. The van der Waals surface area contributed by atoms with Crippen LogP contribution in [0.1, 0.15) is 66.2 Å². The molecule has 1 atom stereocenters. The molecular formula is C16H33NO. The minimum Gasteiger partial charge on any atom is -0.396 e. The van der Waals surface area contributed by atoms with E-state index in [1.807, 2.05) is 0 Å². The molecule has 0 aromatic heterocycles. The Labute approximate surface area is 114 Å². The number of aliphatic hydroxyl groups excluding tert-OH is 1. The normalized spacial score (nSPS) is 22.8. The molecule has 0 radical (unpaired) electrons. The molecule has 1 fully saturated rings. The Morgan fingerprint density at radius 1 is 1.11 bits per heavy atom. The largest absolute Gasteiger partial charge is 0.396 e. The van der Waals surface area contributed by atoms with Crippen LogP contribution in [0.5, 0.6) is 0 Å². The zero-order valence-corrected chi connectivity index (χ0v) is 13.1. The zero-order chi connectivity index (χ0) is 13.8. The number of rotatable bonds is 4. The van der Waals surface area contributed by atoms with Crippen LogP contribution in [-0.4, -0.2) is 36.2 Å². The Balaban J connectivity index is 2.66. The molecule has 2 nitrogen and oxygen atoms in total. The summed E-state index contributed by atoms with van der Waals surface area (Å²) in [5.41, 5.74) is 0.459. The first-order chi connectivity index (χ1) is 8.31. The zero-order valence-electron chi connectivity index (χ0n) is 13.1. The third-order valence-corrected chi connectivity index (χ3v) is 5.00. The van der Waals surface area contributed by atoms with Crippen molar-refractivity contribution in [1.29, 1.82) is 0 Å². The fraction of sp³-hybridized carbons (Fsp3) is 1.00. The molecule has 108 valence electrons. The van der Waals surface area contributed by atoms with Gasteiger partial charge in [-0.25, -0.2) is 0 Å². The lowest BCUT2D eigenvalue weighted by Gasteiger charge is -2.41. The third kappa shape index (κ3) is 4.24. The summed E-state index contributed by atoms with van der Waals surface area (Å²) >= 11 is 0.